The molecule has 1 aromatic carbocycles. The predicted molar refractivity (Wildman–Crippen MR) is 108 cm³/mol. The predicted octanol–water partition coefficient (Wildman–Crippen LogP) is 4.41. The molecule has 0 spiro atoms. The number of aliphatic hydroxyl groups is 1. The van der Waals surface area contributed by atoms with Gasteiger partial charge >= 0.3 is 0 Å². The molecule has 3 rings (SSSR count). The molecule has 1 unspecified atom stereocenters. The fourth-order valence-electron chi connectivity index (χ4n) is 4.34. The third kappa shape index (κ3) is 3.52. The molecule has 0 saturated carbocycles. The molecule has 26 heavy (non-hydrogen) atoms. The van der Waals surface area contributed by atoms with Crippen LogP contribution in [-0.4, -0.2) is 17.9 Å². The summed E-state index contributed by atoms with van der Waals surface area (Å²) in [7, 11) is 0. The maximum Gasteiger partial charge on any atom is 0.0717 e. The van der Waals surface area contributed by atoms with Crippen molar-refractivity contribution < 1.29 is 5.11 Å². The van der Waals surface area contributed by atoms with E-state index in [1.807, 2.05) is 0 Å². The molecule has 0 bridgehead atoms. The summed E-state index contributed by atoms with van der Waals surface area (Å²) in [5, 5.41) is 9.63. The van der Waals surface area contributed by atoms with Crippen LogP contribution in [-0.2, 0) is 6.42 Å². The average molecular weight is 348 g/mol. The molecule has 1 aliphatic carbocycles. The molecule has 1 aliphatic heterocycles. The van der Waals surface area contributed by atoms with E-state index in [1.54, 1.807) is 18.4 Å². The first kappa shape index (κ1) is 18.6. The van der Waals surface area contributed by atoms with E-state index in [4.69, 9.17) is 5.73 Å². The molecule has 0 aromatic heterocycles. The normalized spacial score (nSPS) is 24.0. The quantitative estimate of drug-likeness (QED) is 0.717. The summed E-state index contributed by atoms with van der Waals surface area (Å²) < 4.78 is 0. The lowest BCUT2D eigenvalue weighted by molar-refractivity contribution is 0.203. The van der Waals surface area contributed by atoms with E-state index in [0.717, 1.165) is 48.9 Å². The Morgan fingerprint density at radius 2 is 2.19 bits per heavy atom. The molecule has 0 radical (unpaired) electrons. The summed E-state index contributed by atoms with van der Waals surface area (Å²) in [6.45, 7) is 6.43. The van der Waals surface area contributed by atoms with Gasteiger partial charge in [-0.1, -0.05) is 44.2 Å². The Hall–Kier alpha value is -2.19. The SMILES string of the molecule is C=C(CCC1(CCC)Cc2ccccc2[C@H]1N)C1=C(CO)C=C=CC=N1. The van der Waals surface area contributed by atoms with E-state index in [-0.39, 0.29) is 18.1 Å². The van der Waals surface area contributed by atoms with E-state index < -0.39 is 0 Å². The van der Waals surface area contributed by atoms with Gasteiger partial charge in [-0.2, -0.15) is 0 Å². The number of hydrogen-bond donors (Lipinski definition) is 2. The Bertz CT molecular complexity index is 811. The lowest BCUT2D eigenvalue weighted by Gasteiger charge is -2.34. The standard InChI is InChI=1S/C23H28N2O/c1-3-12-23(15-18-8-4-5-10-20(18)22(23)24)13-11-17(2)21-19(16-26)9-6-7-14-25-21/h4-5,7-10,14,22,26H,2-3,11-13,15-16,24H2,1H3/t22-,23?/m1/s1. The zero-order chi connectivity index (χ0) is 18.6. The first-order chi connectivity index (χ1) is 12.6. The number of aliphatic imine (C=N–C) groups is 1. The van der Waals surface area contributed by atoms with Crippen LogP contribution >= 0.6 is 0 Å². The van der Waals surface area contributed by atoms with Gasteiger partial charge in [0.15, 0.2) is 0 Å². The zero-order valence-electron chi connectivity index (χ0n) is 15.5. The van der Waals surface area contributed by atoms with Crippen molar-refractivity contribution in [3.05, 3.63) is 76.7 Å². The van der Waals surface area contributed by atoms with E-state index in [1.165, 1.54) is 11.1 Å². The molecule has 3 nitrogen and oxygen atoms in total. The molecular formula is C23H28N2O. The second-order valence-electron chi connectivity index (χ2n) is 7.36. The van der Waals surface area contributed by atoms with Crippen molar-refractivity contribution in [3.63, 3.8) is 0 Å². The monoisotopic (exact) mass is 348 g/mol. The summed E-state index contributed by atoms with van der Waals surface area (Å²) in [5.74, 6) is 0. The van der Waals surface area contributed by atoms with Gasteiger partial charge in [-0.05, 0) is 60.0 Å². The first-order valence-corrected chi connectivity index (χ1v) is 9.42. The van der Waals surface area contributed by atoms with Crippen LogP contribution in [0.5, 0.6) is 0 Å². The molecule has 0 fully saturated rings. The number of benzene rings is 1. The van der Waals surface area contributed by atoms with Crippen molar-refractivity contribution in [2.75, 3.05) is 6.61 Å². The molecule has 136 valence electrons. The molecule has 3 N–H and O–H groups in total. The van der Waals surface area contributed by atoms with Crippen molar-refractivity contribution in [1.82, 2.24) is 0 Å². The maximum atomic E-state index is 9.63. The minimum atomic E-state index is -0.0579. The Labute approximate surface area is 156 Å². The molecule has 0 amide bonds. The van der Waals surface area contributed by atoms with Crippen LogP contribution in [0, 0.1) is 5.41 Å². The minimum Gasteiger partial charge on any atom is -0.392 e. The number of fused-ring (bicyclic) bond motifs is 1. The largest absolute Gasteiger partial charge is 0.392 e. The van der Waals surface area contributed by atoms with Crippen LogP contribution in [0.4, 0.5) is 0 Å². The van der Waals surface area contributed by atoms with E-state index >= 15 is 0 Å². The molecular weight excluding hydrogens is 320 g/mol. The highest BCUT2D eigenvalue weighted by Crippen LogP contribution is 2.50. The van der Waals surface area contributed by atoms with Gasteiger partial charge in [0, 0.05) is 17.8 Å². The van der Waals surface area contributed by atoms with E-state index in [2.05, 4.69) is 48.5 Å². The van der Waals surface area contributed by atoms with Gasteiger partial charge in [0.05, 0.1) is 12.3 Å². The molecule has 1 heterocycles. The Kier molecular flexibility index (Phi) is 5.73. The van der Waals surface area contributed by atoms with Crippen LogP contribution in [0.2, 0.25) is 0 Å². The summed E-state index contributed by atoms with van der Waals surface area (Å²) in [6.07, 6.45) is 10.3. The summed E-state index contributed by atoms with van der Waals surface area (Å²) in [5.41, 5.74) is 15.0. The summed E-state index contributed by atoms with van der Waals surface area (Å²) in [4.78, 5) is 4.46. The van der Waals surface area contributed by atoms with Crippen molar-refractivity contribution in [1.29, 1.82) is 0 Å². The van der Waals surface area contributed by atoms with Gasteiger partial charge < -0.3 is 10.8 Å². The lowest BCUT2D eigenvalue weighted by atomic mass is 9.73. The highest BCUT2D eigenvalue weighted by Gasteiger charge is 2.42. The van der Waals surface area contributed by atoms with Crippen molar-refractivity contribution >= 4 is 6.21 Å². The summed E-state index contributed by atoms with van der Waals surface area (Å²) >= 11 is 0. The van der Waals surface area contributed by atoms with Crippen LogP contribution in [0.15, 0.2) is 70.6 Å². The molecule has 1 aromatic rings. The molecule has 2 atom stereocenters. The van der Waals surface area contributed by atoms with Crippen LogP contribution < -0.4 is 5.73 Å². The van der Waals surface area contributed by atoms with Crippen LogP contribution in [0.1, 0.15) is 49.8 Å². The number of aliphatic hydroxyl groups excluding tert-OH is 1. The number of nitrogens with zero attached hydrogens (tertiary/aromatic N) is 1. The van der Waals surface area contributed by atoms with E-state index in [0.29, 0.717) is 0 Å². The van der Waals surface area contributed by atoms with Gasteiger partial charge in [-0.25, -0.2) is 0 Å². The Morgan fingerprint density at radius 3 is 2.92 bits per heavy atom. The van der Waals surface area contributed by atoms with Crippen molar-refractivity contribution in [2.24, 2.45) is 16.1 Å². The highest BCUT2D eigenvalue weighted by atomic mass is 16.3. The fraction of sp³-hybridized carbons (Fsp3) is 0.391. The van der Waals surface area contributed by atoms with Crippen molar-refractivity contribution in [2.45, 2.75) is 45.1 Å². The number of rotatable bonds is 7. The third-order valence-electron chi connectivity index (χ3n) is 5.71. The molecule has 3 heteroatoms. The first-order valence-electron chi connectivity index (χ1n) is 9.42. The second-order valence-corrected chi connectivity index (χ2v) is 7.36. The topological polar surface area (TPSA) is 58.6 Å². The van der Waals surface area contributed by atoms with E-state index in [9.17, 15) is 5.11 Å². The van der Waals surface area contributed by atoms with Gasteiger partial charge in [0.1, 0.15) is 0 Å². The highest BCUT2D eigenvalue weighted by molar-refractivity contribution is 5.74. The Morgan fingerprint density at radius 1 is 1.38 bits per heavy atom. The van der Waals surface area contributed by atoms with Gasteiger partial charge in [-0.3, -0.25) is 4.99 Å². The van der Waals surface area contributed by atoms with Gasteiger partial charge in [-0.15, -0.1) is 5.73 Å². The van der Waals surface area contributed by atoms with Crippen LogP contribution in [0.3, 0.4) is 0 Å². The third-order valence-corrected chi connectivity index (χ3v) is 5.71. The molecule has 0 saturated heterocycles. The maximum absolute atomic E-state index is 9.63. The lowest BCUT2D eigenvalue weighted by Crippen LogP contribution is -2.31. The van der Waals surface area contributed by atoms with Crippen LogP contribution in [0.25, 0.3) is 0 Å². The molecule has 2 aliphatic rings. The second kappa shape index (κ2) is 8.01. The van der Waals surface area contributed by atoms with Gasteiger partial charge in [0.2, 0.25) is 0 Å². The smallest absolute Gasteiger partial charge is 0.0717 e. The zero-order valence-corrected chi connectivity index (χ0v) is 15.5. The number of hydrogen-bond acceptors (Lipinski definition) is 3. The number of allylic oxidation sites excluding steroid dienone is 1. The average Bonchev–Trinajstić information content (AvgIpc) is 2.81. The van der Waals surface area contributed by atoms with Gasteiger partial charge in [0.25, 0.3) is 0 Å². The minimum absolute atomic E-state index is 0.0579. The van der Waals surface area contributed by atoms with Crippen molar-refractivity contribution in [3.8, 4) is 0 Å². The summed E-state index contributed by atoms with van der Waals surface area (Å²) in [6, 6.07) is 8.63. The number of nitrogens with two attached hydrogens (primary N) is 1. The fourth-order valence-corrected chi connectivity index (χ4v) is 4.34. The Balaban J connectivity index is 1.80.